The number of hydrogen-bond acceptors (Lipinski definition) is 3. The van der Waals surface area contributed by atoms with E-state index in [-0.39, 0.29) is 24.0 Å². The second-order valence-corrected chi connectivity index (χ2v) is 5.91. The summed E-state index contributed by atoms with van der Waals surface area (Å²) in [5.74, 6) is 2.53. The van der Waals surface area contributed by atoms with Gasteiger partial charge in [0.2, 0.25) is 0 Å². The molecule has 0 aromatic heterocycles. The average molecular weight is 455 g/mol. The summed E-state index contributed by atoms with van der Waals surface area (Å²) in [5.41, 5.74) is 7.86. The van der Waals surface area contributed by atoms with E-state index in [1.54, 1.807) is 7.11 Å². The maximum Gasteiger partial charge on any atom is 0.193 e. The Kier molecular flexibility index (Phi) is 9.12. The predicted octanol–water partition coefficient (Wildman–Crippen LogP) is 4.27. The molecule has 0 saturated carbocycles. The Balaban J connectivity index is 0.00000312. The van der Waals surface area contributed by atoms with E-state index in [0.717, 1.165) is 22.7 Å². The number of aliphatic imine (C=N–C) groups is 1. The first-order valence-corrected chi connectivity index (χ1v) is 7.99. The van der Waals surface area contributed by atoms with Crippen LogP contribution in [0.3, 0.4) is 0 Å². The van der Waals surface area contributed by atoms with Crippen LogP contribution in [0.25, 0.3) is 0 Å². The van der Waals surface area contributed by atoms with Crippen LogP contribution in [0.5, 0.6) is 11.5 Å². The summed E-state index contributed by atoms with van der Waals surface area (Å²) in [5, 5.41) is 3.06. The Hall–Kier alpha value is -1.96. The smallest absolute Gasteiger partial charge is 0.193 e. The van der Waals surface area contributed by atoms with E-state index in [9.17, 15) is 0 Å². The third-order valence-corrected chi connectivity index (χ3v) is 3.28. The lowest BCUT2D eigenvalue weighted by molar-refractivity contribution is 0.271. The molecule has 0 aliphatic heterocycles. The van der Waals surface area contributed by atoms with E-state index in [4.69, 9.17) is 15.2 Å². The van der Waals surface area contributed by atoms with Gasteiger partial charge in [-0.3, -0.25) is 0 Å². The van der Waals surface area contributed by atoms with Gasteiger partial charge in [0.25, 0.3) is 0 Å². The van der Waals surface area contributed by atoms with Gasteiger partial charge in [0.15, 0.2) is 5.96 Å². The topological polar surface area (TPSA) is 68.9 Å². The van der Waals surface area contributed by atoms with Crippen molar-refractivity contribution in [2.75, 3.05) is 19.0 Å². The molecular weight excluding hydrogens is 429 g/mol. The number of hydrogen-bond donors (Lipinski definition) is 2. The van der Waals surface area contributed by atoms with E-state index >= 15 is 0 Å². The highest BCUT2D eigenvalue weighted by molar-refractivity contribution is 14.0. The third kappa shape index (κ3) is 7.64. The van der Waals surface area contributed by atoms with Crippen molar-refractivity contribution in [2.45, 2.75) is 20.4 Å². The molecule has 0 radical (unpaired) electrons. The van der Waals surface area contributed by atoms with Crippen molar-refractivity contribution in [3.8, 4) is 11.5 Å². The molecule has 0 amide bonds. The van der Waals surface area contributed by atoms with Crippen LogP contribution < -0.4 is 20.5 Å². The van der Waals surface area contributed by atoms with Crippen molar-refractivity contribution in [1.82, 2.24) is 0 Å². The van der Waals surface area contributed by atoms with Gasteiger partial charge in [-0.05, 0) is 47.9 Å². The van der Waals surface area contributed by atoms with Crippen LogP contribution in [0.1, 0.15) is 19.4 Å². The minimum Gasteiger partial charge on any atom is -0.497 e. The van der Waals surface area contributed by atoms with Crippen LogP contribution >= 0.6 is 24.0 Å². The zero-order valence-corrected chi connectivity index (χ0v) is 17.2. The number of halogens is 1. The quantitative estimate of drug-likeness (QED) is 0.372. The minimum atomic E-state index is 0. The molecule has 6 heteroatoms. The van der Waals surface area contributed by atoms with E-state index < -0.39 is 0 Å². The lowest BCUT2D eigenvalue weighted by Gasteiger charge is -2.10. The van der Waals surface area contributed by atoms with Gasteiger partial charge >= 0.3 is 0 Å². The number of anilines is 1. The van der Waals surface area contributed by atoms with Crippen molar-refractivity contribution in [3.05, 3.63) is 54.1 Å². The van der Waals surface area contributed by atoms with Crippen molar-refractivity contribution in [3.63, 3.8) is 0 Å². The molecule has 0 bridgehead atoms. The Morgan fingerprint density at radius 2 is 1.84 bits per heavy atom. The normalized spacial score (nSPS) is 11.0. The SMILES string of the molecule is COc1ccc(NC(N)=NCc2cccc(OCC(C)C)c2)cc1.I. The minimum absolute atomic E-state index is 0. The molecule has 0 aliphatic carbocycles. The van der Waals surface area contributed by atoms with Gasteiger partial charge in [-0.25, -0.2) is 4.99 Å². The standard InChI is InChI=1S/C19H25N3O2.HI/c1-14(2)13-24-18-6-4-5-15(11-18)12-21-19(20)22-16-7-9-17(23-3)10-8-16;/h4-11,14H,12-13H2,1-3H3,(H3,20,21,22);1H. The summed E-state index contributed by atoms with van der Waals surface area (Å²) in [4.78, 5) is 4.37. The molecular formula is C19H26IN3O2. The van der Waals surface area contributed by atoms with Gasteiger partial charge in [0, 0.05) is 5.69 Å². The molecule has 0 fully saturated rings. The molecule has 2 aromatic carbocycles. The van der Waals surface area contributed by atoms with Gasteiger partial charge < -0.3 is 20.5 Å². The zero-order chi connectivity index (χ0) is 17.4. The van der Waals surface area contributed by atoms with Crippen LogP contribution in [0.4, 0.5) is 5.69 Å². The van der Waals surface area contributed by atoms with Crippen LogP contribution in [-0.4, -0.2) is 19.7 Å². The van der Waals surface area contributed by atoms with Gasteiger partial charge in [0.05, 0.1) is 20.3 Å². The summed E-state index contributed by atoms with van der Waals surface area (Å²) in [7, 11) is 1.64. The fraction of sp³-hybridized carbons (Fsp3) is 0.316. The maximum absolute atomic E-state index is 5.94. The molecule has 3 N–H and O–H groups in total. The summed E-state index contributed by atoms with van der Waals surface area (Å²) >= 11 is 0. The maximum atomic E-state index is 5.94. The number of nitrogens with two attached hydrogens (primary N) is 1. The zero-order valence-electron chi connectivity index (χ0n) is 14.9. The molecule has 0 atom stereocenters. The number of guanidine groups is 1. The predicted molar refractivity (Wildman–Crippen MR) is 114 cm³/mol. The van der Waals surface area contributed by atoms with E-state index in [2.05, 4.69) is 24.2 Å². The van der Waals surface area contributed by atoms with E-state index in [1.807, 2.05) is 48.5 Å². The van der Waals surface area contributed by atoms with Gasteiger partial charge in [-0.15, -0.1) is 24.0 Å². The number of nitrogens with zero attached hydrogens (tertiary/aromatic N) is 1. The summed E-state index contributed by atoms with van der Waals surface area (Å²) in [6.45, 7) is 5.45. The summed E-state index contributed by atoms with van der Waals surface area (Å²) in [6.07, 6.45) is 0. The highest BCUT2D eigenvalue weighted by atomic mass is 127. The second-order valence-electron chi connectivity index (χ2n) is 5.91. The second kappa shape index (κ2) is 10.8. The Bertz CT molecular complexity index is 673. The lowest BCUT2D eigenvalue weighted by atomic mass is 10.2. The van der Waals surface area contributed by atoms with Crippen molar-refractivity contribution in [2.24, 2.45) is 16.6 Å². The first-order valence-electron chi connectivity index (χ1n) is 7.99. The molecule has 0 saturated heterocycles. The number of methoxy groups -OCH3 is 1. The molecule has 0 heterocycles. The van der Waals surface area contributed by atoms with Gasteiger partial charge in [0.1, 0.15) is 11.5 Å². The number of benzene rings is 2. The molecule has 0 aliphatic rings. The lowest BCUT2D eigenvalue weighted by Crippen LogP contribution is -2.22. The van der Waals surface area contributed by atoms with Gasteiger partial charge in [-0.2, -0.15) is 0 Å². The summed E-state index contributed by atoms with van der Waals surface area (Å²) in [6, 6.07) is 15.4. The fourth-order valence-electron chi connectivity index (χ4n) is 2.03. The van der Waals surface area contributed by atoms with Crippen molar-refractivity contribution < 1.29 is 9.47 Å². The molecule has 2 rings (SSSR count). The molecule has 0 unspecified atom stereocenters. The molecule has 136 valence electrons. The number of nitrogens with one attached hydrogen (secondary N) is 1. The van der Waals surface area contributed by atoms with Crippen LogP contribution in [0.15, 0.2) is 53.5 Å². The Labute approximate surface area is 166 Å². The number of ether oxygens (including phenoxy) is 2. The molecule has 0 spiro atoms. The fourth-order valence-corrected chi connectivity index (χ4v) is 2.03. The van der Waals surface area contributed by atoms with E-state index in [0.29, 0.717) is 25.0 Å². The largest absolute Gasteiger partial charge is 0.497 e. The first-order chi connectivity index (χ1) is 11.6. The average Bonchev–Trinajstić information content (AvgIpc) is 2.59. The molecule has 5 nitrogen and oxygen atoms in total. The van der Waals surface area contributed by atoms with Crippen molar-refractivity contribution >= 4 is 35.6 Å². The monoisotopic (exact) mass is 455 g/mol. The Morgan fingerprint density at radius 3 is 2.48 bits per heavy atom. The first kappa shape index (κ1) is 21.1. The third-order valence-electron chi connectivity index (χ3n) is 3.28. The number of rotatable bonds is 7. The van der Waals surface area contributed by atoms with Crippen molar-refractivity contribution in [1.29, 1.82) is 0 Å². The molecule has 2 aromatic rings. The van der Waals surface area contributed by atoms with E-state index in [1.165, 1.54) is 0 Å². The van der Waals surface area contributed by atoms with Crippen LogP contribution in [0, 0.1) is 5.92 Å². The van der Waals surface area contributed by atoms with Crippen LogP contribution in [0.2, 0.25) is 0 Å². The highest BCUT2D eigenvalue weighted by Gasteiger charge is 2.00. The van der Waals surface area contributed by atoms with Crippen LogP contribution in [-0.2, 0) is 6.54 Å². The Morgan fingerprint density at radius 1 is 1.12 bits per heavy atom. The van der Waals surface area contributed by atoms with Gasteiger partial charge in [-0.1, -0.05) is 26.0 Å². The highest BCUT2D eigenvalue weighted by Crippen LogP contribution is 2.16. The molecule has 25 heavy (non-hydrogen) atoms. The summed E-state index contributed by atoms with van der Waals surface area (Å²) < 4.78 is 10.8.